The molecule has 2 amide bonds. The number of terminal acetylenes is 1. The van der Waals surface area contributed by atoms with Gasteiger partial charge in [0.1, 0.15) is 6.10 Å². The number of aliphatic hydroxyl groups is 1. The van der Waals surface area contributed by atoms with Crippen LogP contribution in [-0.4, -0.2) is 71.4 Å². The van der Waals surface area contributed by atoms with Gasteiger partial charge in [-0.25, -0.2) is 4.79 Å². The number of rotatable bonds is 19. The van der Waals surface area contributed by atoms with E-state index >= 15 is 0 Å². The second kappa shape index (κ2) is 23.4. The maximum atomic E-state index is 13.0. The van der Waals surface area contributed by atoms with Crippen LogP contribution < -0.4 is 10.6 Å². The minimum absolute atomic E-state index is 0.0437. The predicted octanol–water partition coefficient (Wildman–Crippen LogP) is 6.41. The SMILES string of the molecule is C#CCCC(=O)NCCSSCCC(=O)NC(/C=C/C=C(\C)CC(C)/C=C(C)\C=C\[C@H]1CC=CC(=O)O1)[C@@H]1C[C@@H](O)[C@H](C)[C@H](/C=C/C)O1. The van der Waals surface area contributed by atoms with Gasteiger partial charge in [0.25, 0.3) is 0 Å². The number of hydrogen-bond donors (Lipinski definition) is 3. The molecule has 8 nitrogen and oxygen atoms in total. The summed E-state index contributed by atoms with van der Waals surface area (Å²) >= 11 is 0. The van der Waals surface area contributed by atoms with Gasteiger partial charge < -0.3 is 25.2 Å². The van der Waals surface area contributed by atoms with E-state index in [1.54, 1.807) is 21.6 Å². The summed E-state index contributed by atoms with van der Waals surface area (Å²) in [7, 11) is 3.21. The summed E-state index contributed by atoms with van der Waals surface area (Å²) in [6.07, 6.45) is 26.2. The molecule has 0 spiro atoms. The summed E-state index contributed by atoms with van der Waals surface area (Å²) in [6, 6.07) is -0.402. The van der Waals surface area contributed by atoms with Crippen LogP contribution in [0.15, 0.2) is 71.9 Å². The zero-order valence-corrected chi connectivity index (χ0v) is 30.7. The fourth-order valence-electron chi connectivity index (χ4n) is 5.37. The number of carbonyl (C=O) groups excluding carboxylic acids is 3. The maximum absolute atomic E-state index is 13.0. The Morgan fingerprint density at radius 3 is 2.69 bits per heavy atom. The number of cyclic esters (lactones) is 1. The Labute approximate surface area is 295 Å². The average molecular weight is 699 g/mol. The van der Waals surface area contributed by atoms with Gasteiger partial charge >= 0.3 is 5.97 Å². The Kier molecular flexibility index (Phi) is 20.1. The van der Waals surface area contributed by atoms with Crippen molar-refractivity contribution in [2.24, 2.45) is 11.8 Å². The zero-order chi connectivity index (χ0) is 35.3. The van der Waals surface area contributed by atoms with E-state index in [1.807, 2.05) is 63.3 Å². The molecule has 1 saturated heterocycles. The van der Waals surface area contributed by atoms with Crippen LogP contribution in [0, 0.1) is 24.2 Å². The van der Waals surface area contributed by atoms with E-state index in [2.05, 4.69) is 42.6 Å². The van der Waals surface area contributed by atoms with Crippen molar-refractivity contribution < 1.29 is 29.0 Å². The molecule has 264 valence electrons. The number of aliphatic hydroxyl groups excluding tert-OH is 1. The lowest BCUT2D eigenvalue weighted by Gasteiger charge is -2.39. The molecule has 2 aliphatic rings. The number of ether oxygens (including phenoxy) is 2. The van der Waals surface area contributed by atoms with Crippen LogP contribution in [-0.2, 0) is 23.9 Å². The Hall–Kier alpha value is -2.97. The van der Waals surface area contributed by atoms with Crippen molar-refractivity contribution in [3.63, 3.8) is 0 Å². The van der Waals surface area contributed by atoms with Crippen molar-refractivity contribution >= 4 is 39.4 Å². The minimum Gasteiger partial charge on any atom is -0.455 e. The van der Waals surface area contributed by atoms with Crippen LogP contribution in [0.25, 0.3) is 0 Å². The van der Waals surface area contributed by atoms with E-state index in [1.165, 1.54) is 11.6 Å². The molecule has 0 radical (unpaired) electrons. The number of esters is 1. The predicted molar refractivity (Wildman–Crippen MR) is 199 cm³/mol. The molecule has 0 aromatic carbocycles. The lowest BCUT2D eigenvalue weighted by molar-refractivity contribution is -0.141. The first-order chi connectivity index (χ1) is 23.0. The smallest absolute Gasteiger partial charge is 0.331 e. The maximum Gasteiger partial charge on any atom is 0.331 e. The molecule has 0 bridgehead atoms. The van der Waals surface area contributed by atoms with Crippen molar-refractivity contribution in [3.05, 3.63) is 71.9 Å². The molecular weight excluding hydrogens is 645 g/mol. The molecule has 3 N–H and O–H groups in total. The summed E-state index contributed by atoms with van der Waals surface area (Å²) in [5.74, 6) is 3.65. The highest BCUT2D eigenvalue weighted by molar-refractivity contribution is 8.76. The molecule has 0 aliphatic carbocycles. The number of nitrogens with one attached hydrogen (secondary N) is 2. The fraction of sp³-hybridized carbons (Fsp3) is 0.553. The van der Waals surface area contributed by atoms with E-state index in [0.29, 0.717) is 50.3 Å². The molecule has 2 aliphatic heterocycles. The first-order valence-corrected chi connectivity index (χ1v) is 19.3. The second-order valence-electron chi connectivity index (χ2n) is 12.3. The average Bonchev–Trinajstić information content (AvgIpc) is 3.04. The van der Waals surface area contributed by atoms with Gasteiger partial charge in [-0.1, -0.05) is 95.2 Å². The Morgan fingerprint density at radius 2 is 1.96 bits per heavy atom. The number of amides is 2. The molecule has 7 atom stereocenters. The van der Waals surface area contributed by atoms with E-state index in [-0.39, 0.29) is 42.0 Å². The van der Waals surface area contributed by atoms with Gasteiger partial charge in [-0.3, -0.25) is 9.59 Å². The molecule has 2 heterocycles. The molecule has 10 heteroatoms. The summed E-state index contributed by atoms with van der Waals surface area (Å²) in [6.45, 7) is 10.8. The lowest BCUT2D eigenvalue weighted by atomic mass is 9.87. The Morgan fingerprint density at radius 1 is 1.19 bits per heavy atom. The van der Waals surface area contributed by atoms with Crippen molar-refractivity contribution in [1.29, 1.82) is 0 Å². The van der Waals surface area contributed by atoms with E-state index in [0.717, 1.165) is 17.7 Å². The molecule has 48 heavy (non-hydrogen) atoms. The van der Waals surface area contributed by atoms with Gasteiger partial charge in [-0.05, 0) is 39.2 Å². The minimum atomic E-state index is -0.541. The topological polar surface area (TPSA) is 114 Å². The highest BCUT2D eigenvalue weighted by Crippen LogP contribution is 2.29. The van der Waals surface area contributed by atoms with Crippen LogP contribution in [0.3, 0.4) is 0 Å². The largest absolute Gasteiger partial charge is 0.455 e. The quantitative estimate of drug-likeness (QED) is 0.0355. The summed E-state index contributed by atoms with van der Waals surface area (Å²) < 4.78 is 11.7. The van der Waals surface area contributed by atoms with E-state index < -0.39 is 12.1 Å². The molecule has 0 saturated carbocycles. The van der Waals surface area contributed by atoms with Crippen LogP contribution in [0.5, 0.6) is 0 Å². The summed E-state index contributed by atoms with van der Waals surface area (Å²) in [5, 5.41) is 16.8. The highest BCUT2D eigenvalue weighted by atomic mass is 33.1. The number of hydrogen-bond acceptors (Lipinski definition) is 8. The zero-order valence-electron chi connectivity index (χ0n) is 29.1. The van der Waals surface area contributed by atoms with Gasteiger partial charge in [0.05, 0.1) is 24.4 Å². The van der Waals surface area contributed by atoms with Crippen molar-refractivity contribution in [2.45, 2.75) is 104 Å². The van der Waals surface area contributed by atoms with Crippen molar-refractivity contribution in [2.75, 3.05) is 18.1 Å². The highest BCUT2D eigenvalue weighted by Gasteiger charge is 2.37. The van der Waals surface area contributed by atoms with Crippen LogP contribution >= 0.6 is 21.6 Å². The molecule has 1 fully saturated rings. The van der Waals surface area contributed by atoms with Gasteiger partial charge in [0.15, 0.2) is 0 Å². The van der Waals surface area contributed by atoms with Gasteiger partial charge in [0, 0.05) is 62.1 Å². The third kappa shape index (κ3) is 16.9. The first-order valence-electron chi connectivity index (χ1n) is 16.8. The van der Waals surface area contributed by atoms with Crippen molar-refractivity contribution in [3.8, 4) is 12.3 Å². The number of allylic oxidation sites excluding steroid dienone is 7. The monoisotopic (exact) mass is 698 g/mol. The van der Waals surface area contributed by atoms with Gasteiger partial charge in [-0.2, -0.15) is 0 Å². The molecular formula is C38H54N2O6S2. The van der Waals surface area contributed by atoms with E-state index in [4.69, 9.17) is 15.9 Å². The third-order valence-corrected chi connectivity index (χ3v) is 10.3. The summed E-state index contributed by atoms with van der Waals surface area (Å²) in [5.41, 5.74) is 2.30. The fourth-order valence-corrected chi connectivity index (χ4v) is 7.26. The molecule has 0 aromatic rings. The summed E-state index contributed by atoms with van der Waals surface area (Å²) in [4.78, 5) is 36.1. The van der Waals surface area contributed by atoms with Gasteiger partial charge in [0.2, 0.25) is 11.8 Å². The molecule has 2 unspecified atom stereocenters. The van der Waals surface area contributed by atoms with Crippen LogP contribution in [0.1, 0.15) is 73.1 Å². The molecule has 0 aromatic heterocycles. The van der Waals surface area contributed by atoms with E-state index in [9.17, 15) is 19.5 Å². The van der Waals surface area contributed by atoms with Gasteiger partial charge in [-0.15, -0.1) is 12.3 Å². The van der Waals surface area contributed by atoms with Crippen LogP contribution in [0.2, 0.25) is 0 Å². The standard InChI is InChI=1S/C38H54N2O6S2/c1-7-9-16-36(42)39-21-23-48-47-22-20-37(43)40-32(35-26-33(41)30(6)34(46-35)12-8-2)15-10-13-27(3)24-29(5)25-28(4)18-19-31-14-11-17-38(44)45-31/h1,8,10-13,15,17-19,25,29-35,41H,9,14,16,20-24,26H2,2-6H3,(H,39,42)(H,40,43)/b12-8+,15-10+,19-18+,27-13+,28-25-/t29?,30-,31+,32?,33+,34-,35-/m0/s1. The molecule has 2 rings (SSSR count). The lowest BCUT2D eigenvalue weighted by Crippen LogP contribution is -2.51. The first kappa shape index (κ1) is 41.2. The Bertz CT molecular complexity index is 1260. The third-order valence-electron chi connectivity index (χ3n) is 7.90. The van der Waals surface area contributed by atoms with Crippen LogP contribution in [0.4, 0.5) is 0 Å². The van der Waals surface area contributed by atoms with Crippen molar-refractivity contribution in [1.82, 2.24) is 10.6 Å². The Balaban J connectivity index is 1.95. The number of carbonyl (C=O) groups is 3. The second-order valence-corrected chi connectivity index (χ2v) is 15.0. The normalized spacial score (nSPS) is 24.9.